The molecular formula is C18H33NO2. The minimum atomic E-state index is 0.253. The van der Waals surface area contributed by atoms with Gasteiger partial charge in [0.05, 0.1) is 0 Å². The molecule has 1 aliphatic carbocycles. The molecule has 0 spiro atoms. The topological polar surface area (TPSA) is 40.5 Å². The van der Waals surface area contributed by atoms with Gasteiger partial charge in [-0.05, 0) is 62.2 Å². The lowest BCUT2D eigenvalue weighted by Crippen LogP contribution is -2.44. The maximum absolute atomic E-state index is 12.7. The first kappa shape index (κ1) is 16.8. The summed E-state index contributed by atoms with van der Waals surface area (Å²) in [6.07, 6.45) is 7.67. The quantitative estimate of drug-likeness (QED) is 0.866. The zero-order chi connectivity index (χ0) is 15.5. The Labute approximate surface area is 130 Å². The van der Waals surface area contributed by atoms with Crippen LogP contribution in [0.25, 0.3) is 0 Å². The smallest absolute Gasteiger partial charge is 0.225 e. The highest BCUT2D eigenvalue weighted by molar-refractivity contribution is 5.79. The van der Waals surface area contributed by atoms with E-state index >= 15 is 0 Å². The van der Waals surface area contributed by atoms with Crippen molar-refractivity contribution in [1.82, 2.24) is 4.90 Å². The lowest BCUT2D eigenvalue weighted by molar-refractivity contribution is -0.139. The van der Waals surface area contributed by atoms with E-state index in [0.717, 1.165) is 44.7 Å². The monoisotopic (exact) mass is 295 g/mol. The zero-order valence-corrected chi connectivity index (χ0v) is 14.1. The average molecular weight is 295 g/mol. The van der Waals surface area contributed by atoms with Gasteiger partial charge in [0.15, 0.2) is 0 Å². The molecule has 3 heteroatoms. The molecule has 0 radical (unpaired) electrons. The Hall–Kier alpha value is -0.570. The van der Waals surface area contributed by atoms with Crippen molar-refractivity contribution in [3.05, 3.63) is 0 Å². The van der Waals surface area contributed by atoms with Gasteiger partial charge in [0.25, 0.3) is 0 Å². The summed E-state index contributed by atoms with van der Waals surface area (Å²) < 4.78 is 0. The summed E-state index contributed by atoms with van der Waals surface area (Å²) in [5.74, 6) is 1.94. The highest BCUT2D eigenvalue weighted by Crippen LogP contribution is 2.40. The number of likely N-dealkylation sites (tertiary alicyclic amines) is 1. The number of hydrogen-bond donors (Lipinski definition) is 1. The predicted octanol–water partition coefficient (Wildman–Crippen LogP) is 3.46. The van der Waals surface area contributed by atoms with Gasteiger partial charge in [0.2, 0.25) is 5.91 Å². The van der Waals surface area contributed by atoms with E-state index in [2.05, 4.69) is 25.7 Å². The molecule has 1 saturated heterocycles. The summed E-state index contributed by atoms with van der Waals surface area (Å²) in [6, 6.07) is 0. The molecule has 122 valence electrons. The Balaban J connectivity index is 1.84. The summed E-state index contributed by atoms with van der Waals surface area (Å²) in [5, 5.41) is 9.09. The summed E-state index contributed by atoms with van der Waals surface area (Å²) in [6.45, 7) is 9.03. The van der Waals surface area contributed by atoms with Gasteiger partial charge < -0.3 is 10.0 Å². The molecule has 0 aromatic carbocycles. The third kappa shape index (κ3) is 4.45. The van der Waals surface area contributed by atoms with Crippen molar-refractivity contribution >= 4 is 5.91 Å². The maximum Gasteiger partial charge on any atom is 0.225 e. The molecule has 0 aromatic rings. The first-order valence-corrected chi connectivity index (χ1v) is 8.81. The number of rotatable bonds is 3. The van der Waals surface area contributed by atoms with E-state index in [4.69, 9.17) is 5.11 Å². The molecule has 1 saturated carbocycles. The van der Waals surface area contributed by atoms with Crippen molar-refractivity contribution in [2.75, 3.05) is 19.7 Å². The third-order valence-electron chi connectivity index (χ3n) is 5.67. The largest absolute Gasteiger partial charge is 0.396 e. The van der Waals surface area contributed by atoms with Gasteiger partial charge in [0.1, 0.15) is 0 Å². The van der Waals surface area contributed by atoms with Crippen molar-refractivity contribution in [2.24, 2.45) is 23.2 Å². The number of hydrogen-bond acceptors (Lipinski definition) is 2. The fourth-order valence-electron chi connectivity index (χ4n) is 4.15. The first-order valence-electron chi connectivity index (χ1n) is 8.81. The van der Waals surface area contributed by atoms with Gasteiger partial charge in [0, 0.05) is 25.6 Å². The van der Waals surface area contributed by atoms with Gasteiger partial charge in [-0.2, -0.15) is 0 Å². The fraction of sp³-hybridized carbons (Fsp3) is 0.944. The fourth-order valence-corrected chi connectivity index (χ4v) is 4.15. The molecule has 3 nitrogen and oxygen atoms in total. The van der Waals surface area contributed by atoms with E-state index in [1.165, 1.54) is 19.3 Å². The Morgan fingerprint density at radius 2 is 1.81 bits per heavy atom. The van der Waals surface area contributed by atoms with E-state index in [-0.39, 0.29) is 12.5 Å². The molecule has 0 bridgehead atoms. The van der Waals surface area contributed by atoms with Crippen LogP contribution in [0.1, 0.15) is 65.7 Å². The number of carbonyl (C=O) groups is 1. The van der Waals surface area contributed by atoms with Crippen LogP contribution < -0.4 is 0 Å². The number of nitrogens with zero attached hydrogens (tertiary/aromatic N) is 1. The van der Waals surface area contributed by atoms with Crippen LogP contribution in [0.3, 0.4) is 0 Å². The number of aliphatic hydroxyl groups excluding tert-OH is 1. The van der Waals surface area contributed by atoms with Crippen LogP contribution >= 0.6 is 0 Å². The summed E-state index contributed by atoms with van der Waals surface area (Å²) in [5.41, 5.74) is 0.380. The van der Waals surface area contributed by atoms with Gasteiger partial charge >= 0.3 is 0 Å². The molecule has 0 aromatic heterocycles. The standard InChI is InChI=1S/C18H33NO2/c1-18(2,3)16-8-6-15(7-9-16)17(21)19-11-4-5-14(13-19)10-12-20/h14-16,20H,4-13H2,1-3H3. The van der Waals surface area contributed by atoms with Crippen molar-refractivity contribution in [3.8, 4) is 0 Å². The first-order chi connectivity index (χ1) is 9.91. The average Bonchev–Trinajstić information content (AvgIpc) is 2.46. The van der Waals surface area contributed by atoms with E-state index in [0.29, 0.717) is 17.2 Å². The molecule has 1 unspecified atom stereocenters. The lowest BCUT2D eigenvalue weighted by atomic mass is 9.69. The highest BCUT2D eigenvalue weighted by Gasteiger charge is 2.35. The van der Waals surface area contributed by atoms with Gasteiger partial charge in [-0.25, -0.2) is 0 Å². The van der Waals surface area contributed by atoms with E-state index in [1.54, 1.807) is 0 Å². The van der Waals surface area contributed by atoms with Crippen molar-refractivity contribution < 1.29 is 9.90 Å². The van der Waals surface area contributed by atoms with Crippen LogP contribution in [0, 0.1) is 23.2 Å². The molecule has 1 atom stereocenters. The zero-order valence-electron chi connectivity index (χ0n) is 14.1. The van der Waals surface area contributed by atoms with Crippen LogP contribution in [-0.2, 0) is 4.79 Å². The second kappa shape index (κ2) is 7.13. The van der Waals surface area contributed by atoms with Crippen LogP contribution in [0.5, 0.6) is 0 Å². The number of piperidine rings is 1. The molecular weight excluding hydrogens is 262 g/mol. The lowest BCUT2D eigenvalue weighted by Gasteiger charge is -2.39. The van der Waals surface area contributed by atoms with Crippen LogP contribution in [0.4, 0.5) is 0 Å². The van der Waals surface area contributed by atoms with Crippen LogP contribution in [0.2, 0.25) is 0 Å². The van der Waals surface area contributed by atoms with E-state index < -0.39 is 0 Å². The Morgan fingerprint density at radius 1 is 1.14 bits per heavy atom. The molecule has 1 amide bonds. The van der Waals surface area contributed by atoms with Crippen molar-refractivity contribution in [1.29, 1.82) is 0 Å². The summed E-state index contributed by atoms with van der Waals surface area (Å²) >= 11 is 0. The molecule has 2 rings (SSSR count). The predicted molar refractivity (Wildman–Crippen MR) is 85.9 cm³/mol. The highest BCUT2D eigenvalue weighted by atomic mass is 16.3. The second-order valence-electron chi connectivity index (χ2n) is 8.22. The van der Waals surface area contributed by atoms with E-state index in [9.17, 15) is 4.79 Å². The number of aliphatic hydroxyl groups is 1. The molecule has 1 heterocycles. The maximum atomic E-state index is 12.7. The second-order valence-corrected chi connectivity index (χ2v) is 8.22. The van der Waals surface area contributed by atoms with Gasteiger partial charge in [-0.1, -0.05) is 20.8 Å². The third-order valence-corrected chi connectivity index (χ3v) is 5.67. The normalized spacial score (nSPS) is 31.2. The van der Waals surface area contributed by atoms with Crippen molar-refractivity contribution in [2.45, 2.75) is 65.7 Å². The minimum absolute atomic E-state index is 0.253. The number of amides is 1. The molecule has 2 fully saturated rings. The Morgan fingerprint density at radius 3 is 2.38 bits per heavy atom. The number of carbonyl (C=O) groups excluding carboxylic acids is 1. The summed E-state index contributed by atoms with van der Waals surface area (Å²) in [4.78, 5) is 14.8. The van der Waals surface area contributed by atoms with Crippen molar-refractivity contribution in [3.63, 3.8) is 0 Å². The minimum Gasteiger partial charge on any atom is -0.396 e. The van der Waals surface area contributed by atoms with Gasteiger partial charge in [-0.15, -0.1) is 0 Å². The van der Waals surface area contributed by atoms with E-state index in [1.807, 2.05) is 0 Å². The van der Waals surface area contributed by atoms with Gasteiger partial charge in [-0.3, -0.25) is 4.79 Å². The SMILES string of the molecule is CC(C)(C)C1CCC(C(=O)N2CCCC(CCO)C2)CC1. The van der Waals surface area contributed by atoms with Crippen LogP contribution in [0.15, 0.2) is 0 Å². The summed E-state index contributed by atoms with van der Waals surface area (Å²) in [7, 11) is 0. The Kier molecular flexibility index (Phi) is 5.70. The molecule has 21 heavy (non-hydrogen) atoms. The molecule has 1 N–H and O–H groups in total. The molecule has 1 aliphatic heterocycles. The molecule has 2 aliphatic rings. The Bertz CT molecular complexity index is 338. The van der Waals surface area contributed by atoms with Crippen LogP contribution in [-0.4, -0.2) is 35.6 Å².